The third kappa shape index (κ3) is 13.0. The summed E-state index contributed by atoms with van der Waals surface area (Å²) in [5, 5.41) is 2.86. The summed E-state index contributed by atoms with van der Waals surface area (Å²) in [6.07, 6.45) is 1.86. The van der Waals surface area contributed by atoms with Crippen molar-refractivity contribution >= 4 is 17.9 Å². The second-order valence-electron chi connectivity index (χ2n) is 12.1. The Kier molecular flexibility index (Phi) is 15.6. The lowest BCUT2D eigenvalue weighted by molar-refractivity contribution is -0.130. The van der Waals surface area contributed by atoms with Crippen molar-refractivity contribution in [2.75, 3.05) is 34.0 Å². The first kappa shape index (κ1) is 36.0. The van der Waals surface area contributed by atoms with E-state index in [1.807, 2.05) is 32.0 Å². The molecule has 1 aromatic rings. The smallest absolute Gasteiger partial charge is 0.404 e. The summed E-state index contributed by atoms with van der Waals surface area (Å²) in [5.41, 5.74) is 11.1. The topological polar surface area (TPSA) is 152 Å². The van der Waals surface area contributed by atoms with Crippen LogP contribution in [-0.4, -0.2) is 58.0 Å². The number of nitrogens with two attached hydrogens (primary N) is 2. The largest absolute Gasteiger partial charge is 0.493 e. The molecule has 0 aliphatic carbocycles. The maximum absolute atomic E-state index is 13.1. The van der Waals surface area contributed by atoms with E-state index in [0.29, 0.717) is 43.5 Å². The van der Waals surface area contributed by atoms with Gasteiger partial charge in [-0.1, -0.05) is 33.8 Å². The molecule has 0 aliphatic heterocycles. The Hall–Kier alpha value is -3.01. The van der Waals surface area contributed by atoms with Gasteiger partial charge in [-0.25, -0.2) is 4.79 Å². The van der Waals surface area contributed by atoms with Crippen LogP contribution in [0.4, 0.5) is 4.79 Å². The number of nitrogens with one attached hydrogen (secondary N) is 1. The average Bonchev–Trinajstić information content (AvgIpc) is 2.89. The van der Waals surface area contributed by atoms with Crippen LogP contribution < -0.4 is 26.3 Å². The van der Waals surface area contributed by atoms with Crippen LogP contribution in [0.15, 0.2) is 18.2 Å². The molecule has 0 saturated heterocycles. The highest BCUT2D eigenvalue weighted by Gasteiger charge is 2.31. The number of methoxy groups -OCH3 is 2. The quantitative estimate of drug-likeness (QED) is 0.193. The lowest BCUT2D eigenvalue weighted by atomic mass is 9.82. The zero-order chi connectivity index (χ0) is 31.2. The molecular formula is C31H53N3O7. The van der Waals surface area contributed by atoms with Gasteiger partial charge in [-0.15, -0.1) is 0 Å². The molecule has 5 N–H and O–H groups in total. The first-order valence-corrected chi connectivity index (χ1v) is 14.5. The number of ether oxygens (including phenoxy) is 4. The minimum Gasteiger partial charge on any atom is -0.493 e. The lowest BCUT2D eigenvalue weighted by Crippen LogP contribution is -2.45. The Bertz CT molecular complexity index is 965. The minimum absolute atomic E-state index is 0.0202. The van der Waals surface area contributed by atoms with Gasteiger partial charge in [-0.05, 0) is 75.0 Å². The Balaban J connectivity index is 2.97. The van der Waals surface area contributed by atoms with Crippen LogP contribution in [0.3, 0.4) is 0 Å². The van der Waals surface area contributed by atoms with E-state index in [9.17, 15) is 14.4 Å². The first-order valence-electron chi connectivity index (χ1n) is 14.5. The summed E-state index contributed by atoms with van der Waals surface area (Å²) < 4.78 is 22.0. The molecular weight excluding hydrogens is 526 g/mol. The number of carbonyl (C=O) groups is 3. The van der Waals surface area contributed by atoms with Crippen LogP contribution >= 0.6 is 0 Å². The molecule has 0 aliphatic rings. The maximum atomic E-state index is 13.1. The number of carbonyl (C=O) groups excluding carboxylic acids is 3. The predicted molar refractivity (Wildman–Crippen MR) is 160 cm³/mol. The van der Waals surface area contributed by atoms with Crippen molar-refractivity contribution in [3.8, 4) is 11.5 Å². The van der Waals surface area contributed by atoms with E-state index >= 15 is 0 Å². The van der Waals surface area contributed by atoms with Crippen molar-refractivity contribution in [3.63, 3.8) is 0 Å². The van der Waals surface area contributed by atoms with Gasteiger partial charge in [0, 0.05) is 32.6 Å². The van der Waals surface area contributed by atoms with Crippen molar-refractivity contribution in [1.29, 1.82) is 0 Å². The van der Waals surface area contributed by atoms with E-state index in [0.717, 1.165) is 24.8 Å². The molecule has 0 radical (unpaired) electrons. The summed E-state index contributed by atoms with van der Waals surface area (Å²) >= 11 is 0. The van der Waals surface area contributed by atoms with E-state index in [4.69, 9.17) is 30.4 Å². The molecule has 0 fully saturated rings. The van der Waals surface area contributed by atoms with Crippen LogP contribution in [0.25, 0.3) is 0 Å². The van der Waals surface area contributed by atoms with Gasteiger partial charge < -0.3 is 35.7 Å². The third-order valence-corrected chi connectivity index (χ3v) is 7.59. The van der Waals surface area contributed by atoms with Crippen molar-refractivity contribution in [3.05, 3.63) is 23.8 Å². The molecule has 1 aromatic carbocycles. The summed E-state index contributed by atoms with van der Waals surface area (Å²) in [6.45, 7) is 12.9. The zero-order valence-corrected chi connectivity index (χ0v) is 26.3. The molecule has 0 spiro atoms. The maximum Gasteiger partial charge on any atom is 0.404 e. The Morgan fingerprint density at radius 1 is 0.951 bits per heavy atom. The number of hydrogen-bond acceptors (Lipinski definition) is 7. The molecule has 0 heterocycles. The van der Waals surface area contributed by atoms with Gasteiger partial charge in [0.2, 0.25) is 11.8 Å². The van der Waals surface area contributed by atoms with E-state index in [2.05, 4.69) is 19.2 Å². The van der Waals surface area contributed by atoms with E-state index < -0.39 is 29.4 Å². The SMILES string of the molecule is COCCCOc1cc(CC(CCC(CC(C(=O)NCC(C)(C)C(N)=O)C(C)C)OC(N)=O)C(C)C)ccc1OC. The standard InChI is InChI=1S/C31H53N3O7/c1-20(2)23(16-22-10-13-26(39-8)27(17-22)40-15-9-14-38-7)11-12-24(41-30(33)37)18-25(21(3)4)28(35)34-19-31(5,6)29(32)36/h10,13,17,20-21,23-25H,9,11-12,14-16,18-19H2,1-8H3,(H2,32,36)(H2,33,37)(H,34,35). The van der Waals surface area contributed by atoms with Gasteiger partial charge in [0.1, 0.15) is 6.10 Å². The van der Waals surface area contributed by atoms with Crippen LogP contribution in [-0.2, 0) is 25.5 Å². The fourth-order valence-electron chi connectivity index (χ4n) is 4.60. The average molecular weight is 580 g/mol. The van der Waals surface area contributed by atoms with Crippen molar-refractivity contribution in [2.24, 2.45) is 40.6 Å². The van der Waals surface area contributed by atoms with Gasteiger partial charge >= 0.3 is 6.09 Å². The van der Waals surface area contributed by atoms with Crippen LogP contribution in [0.2, 0.25) is 0 Å². The first-order chi connectivity index (χ1) is 19.2. The molecule has 3 amide bonds. The molecule has 0 bridgehead atoms. The number of primary amides is 2. The fourth-order valence-corrected chi connectivity index (χ4v) is 4.60. The number of rotatable bonds is 20. The van der Waals surface area contributed by atoms with Gasteiger partial charge in [-0.2, -0.15) is 0 Å². The number of amides is 3. The Morgan fingerprint density at radius 2 is 1.63 bits per heavy atom. The van der Waals surface area contributed by atoms with E-state index in [1.54, 1.807) is 28.1 Å². The molecule has 1 rings (SSSR count). The molecule has 0 saturated carbocycles. The number of hydrogen-bond donors (Lipinski definition) is 3. The Morgan fingerprint density at radius 3 is 2.17 bits per heavy atom. The highest BCUT2D eigenvalue weighted by Crippen LogP contribution is 2.32. The molecule has 41 heavy (non-hydrogen) atoms. The van der Waals surface area contributed by atoms with E-state index in [-0.39, 0.29) is 24.3 Å². The summed E-state index contributed by atoms with van der Waals surface area (Å²) in [6, 6.07) is 5.98. The van der Waals surface area contributed by atoms with Crippen LogP contribution in [0.5, 0.6) is 11.5 Å². The highest BCUT2D eigenvalue weighted by molar-refractivity contribution is 5.83. The second-order valence-corrected chi connectivity index (χ2v) is 12.1. The van der Waals surface area contributed by atoms with Gasteiger partial charge in [0.25, 0.3) is 0 Å². The molecule has 0 aromatic heterocycles. The van der Waals surface area contributed by atoms with Crippen LogP contribution in [0.1, 0.15) is 72.8 Å². The second kappa shape index (κ2) is 17.7. The minimum atomic E-state index is -0.874. The highest BCUT2D eigenvalue weighted by atomic mass is 16.6. The monoisotopic (exact) mass is 579 g/mol. The molecule has 10 heteroatoms. The summed E-state index contributed by atoms with van der Waals surface area (Å²) in [7, 11) is 3.29. The molecule has 234 valence electrons. The van der Waals surface area contributed by atoms with E-state index in [1.165, 1.54) is 0 Å². The summed E-state index contributed by atoms with van der Waals surface area (Å²) in [4.78, 5) is 36.5. The lowest BCUT2D eigenvalue weighted by Gasteiger charge is -2.29. The van der Waals surface area contributed by atoms with Crippen molar-refractivity contribution in [2.45, 2.75) is 79.8 Å². The summed E-state index contributed by atoms with van der Waals surface area (Å²) in [5.74, 6) is 0.875. The van der Waals surface area contributed by atoms with Crippen molar-refractivity contribution < 1.29 is 33.3 Å². The van der Waals surface area contributed by atoms with Crippen LogP contribution in [0, 0.1) is 29.1 Å². The normalized spacial score (nSPS) is 13.9. The Labute approximate surface area is 246 Å². The zero-order valence-electron chi connectivity index (χ0n) is 26.3. The van der Waals surface area contributed by atoms with Crippen molar-refractivity contribution in [1.82, 2.24) is 5.32 Å². The predicted octanol–water partition coefficient (Wildman–Crippen LogP) is 4.46. The van der Waals surface area contributed by atoms with Gasteiger partial charge in [0.15, 0.2) is 11.5 Å². The fraction of sp³-hybridized carbons (Fsp3) is 0.710. The molecule has 3 unspecified atom stereocenters. The molecule has 10 nitrogen and oxygen atoms in total. The molecule has 3 atom stereocenters. The third-order valence-electron chi connectivity index (χ3n) is 7.59. The van der Waals surface area contributed by atoms with Gasteiger partial charge in [-0.3, -0.25) is 9.59 Å². The van der Waals surface area contributed by atoms with Gasteiger partial charge in [0.05, 0.1) is 19.1 Å². The number of benzene rings is 1.